The van der Waals surface area contributed by atoms with Gasteiger partial charge in [-0.3, -0.25) is 4.79 Å². The molecule has 29 heavy (non-hydrogen) atoms. The summed E-state index contributed by atoms with van der Waals surface area (Å²) in [6, 6.07) is 5.05. The molecule has 2 aromatic rings. The van der Waals surface area contributed by atoms with Gasteiger partial charge in [0.2, 0.25) is 5.91 Å². The lowest BCUT2D eigenvalue weighted by Crippen LogP contribution is -2.33. The van der Waals surface area contributed by atoms with Gasteiger partial charge in [-0.05, 0) is 54.7 Å². The number of nitrogens with one attached hydrogen (secondary N) is 2. The quantitative estimate of drug-likeness (QED) is 0.613. The topological polar surface area (TPSA) is 101 Å². The number of carbonyl (C=O) groups excluding carboxylic acids is 1. The molecular formula is C20H23F2N3O4. The van der Waals surface area contributed by atoms with Crippen molar-refractivity contribution in [2.45, 2.75) is 33.2 Å². The molecule has 0 aliphatic heterocycles. The largest absolute Gasteiger partial charge is 0.487 e. The van der Waals surface area contributed by atoms with Gasteiger partial charge in [0.25, 0.3) is 0 Å². The number of hydrogen-bond acceptors (Lipinski definition) is 4. The number of rotatable bonds is 8. The van der Waals surface area contributed by atoms with Crippen LogP contribution in [0.4, 0.5) is 19.4 Å². The van der Waals surface area contributed by atoms with Crippen LogP contribution in [0.1, 0.15) is 27.2 Å². The van der Waals surface area contributed by atoms with Crippen molar-refractivity contribution in [3.05, 3.63) is 42.1 Å². The highest BCUT2D eigenvalue weighted by molar-refractivity contribution is 5.88. The Bertz CT molecular complexity index is 869. The smallest absolute Gasteiger partial charge is 0.404 e. The van der Waals surface area contributed by atoms with Crippen LogP contribution in [0.15, 0.2) is 30.5 Å². The van der Waals surface area contributed by atoms with E-state index in [1.165, 1.54) is 19.2 Å². The van der Waals surface area contributed by atoms with E-state index in [1.54, 1.807) is 19.9 Å². The van der Waals surface area contributed by atoms with Crippen LogP contribution in [0.5, 0.6) is 5.75 Å². The standard InChI is InChI=1S/C20H23F2N3O4/c1-11(6-12(2)24-20(27)28)10-29-19-16(21)7-15(8-17(19)22)14-4-5-23-18(9-14)25-13(3)26/h4-5,7-9,11-12,24H,6,10H2,1-3H3,(H,27,28)(H,23,25,26). The van der Waals surface area contributed by atoms with E-state index >= 15 is 0 Å². The van der Waals surface area contributed by atoms with Gasteiger partial charge in [0.15, 0.2) is 17.4 Å². The molecular weight excluding hydrogens is 384 g/mol. The van der Waals surface area contributed by atoms with Gasteiger partial charge in [-0.25, -0.2) is 18.6 Å². The normalized spacial score (nSPS) is 12.7. The molecule has 2 unspecified atom stereocenters. The monoisotopic (exact) mass is 407 g/mol. The number of benzene rings is 1. The molecule has 7 nitrogen and oxygen atoms in total. The molecule has 0 spiro atoms. The Morgan fingerprint density at radius 1 is 1.17 bits per heavy atom. The van der Waals surface area contributed by atoms with Gasteiger partial charge < -0.3 is 20.5 Å². The first-order valence-corrected chi connectivity index (χ1v) is 9.01. The average Bonchev–Trinajstić information content (AvgIpc) is 2.59. The Hall–Kier alpha value is -3.23. The second-order valence-electron chi connectivity index (χ2n) is 6.88. The first-order chi connectivity index (χ1) is 13.7. The van der Waals surface area contributed by atoms with E-state index in [2.05, 4.69) is 15.6 Å². The molecule has 1 aromatic carbocycles. The molecule has 1 heterocycles. The Labute approximate surface area is 167 Å². The molecule has 0 saturated carbocycles. The van der Waals surface area contributed by atoms with E-state index < -0.39 is 23.5 Å². The predicted molar refractivity (Wildman–Crippen MR) is 104 cm³/mol. The number of nitrogens with zero attached hydrogens (tertiary/aromatic N) is 1. The van der Waals surface area contributed by atoms with Gasteiger partial charge in [-0.15, -0.1) is 0 Å². The Balaban J connectivity index is 2.09. The maximum atomic E-state index is 14.5. The van der Waals surface area contributed by atoms with Gasteiger partial charge in [-0.2, -0.15) is 0 Å². The molecule has 0 aliphatic carbocycles. The summed E-state index contributed by atoms with van der Waals surface area (Å²) in [5.41, 5.74) is 0.753. The Morgan fingerprint density at radius 2 is 1.83 bits per heavy atom. The number of carboxylic acid groups (broad SMARTS) is 1. The fourth-order valence-electron chi connectivity index (χ4n) is 2.89. The van der Waals surface area contributed by atoms with Gasteiger partial charge in [-0.1, -0.05) is 6.92 Å². The third kappa shape index (κ3) is 6.70. The van der Waals surface area contributed by atoms with Gasteiger partial charge in [0.1, 0.15) is 5.82 Å². The van der Waals surface area contributed by atoms with Crippen LogP contribution in [0.25, 0.3) is 11.1 Å². The summed E-state index contributed by atoms with van der Waals surface area (Å²) >= 11 is 0. The molecule has 0 radical (unpaired) electrons. The van der Waals surface area contributed by atoms with Crippen molar-refractivity contribution >= 4 is 17.8 Å². The highest BCUT2D eigenvalue weighted by atomic mass is 19.1. The lowest BCUT2D eigenvalue weighted by molar-refractivity contribution is -0.114. The Morgan fingerprint density at radius 3 is 2.41 bits per heavy atom. The van der Waals surface area contributed by atoms with E-state index in [4.69, 9.17) is 9.84 Å². The summed E-state index contributed by atoms with van der Waals surface area (Å²) in [5, 5.41) is 13.5. The van der Waals surface area contributed by atoms with Crippen molar-refractivity contribution in [2.75, 3.05) is 11.9 Å². The molecule has 0 fully saturated rings. The maximum absolute atomic E-state index is 14.5. The van der Waals surface area contributed by atoms with Crippen molar-refractivity contribution in [3.63, 3.8) is 0 Å². The van der Waals surface area contributed by atoms with E-state index in [1.807, 2.05) is 0 Å². The van der Waals surface area contributed by atoms with Crippen molar-refractivity contribution in [1.82, 2.24) is 10.3 Å². The van der Waals surface area contributed by atoms with E-state index in [9.17, 15) is 18.4 Å². The molecule has 0 saturated heterocycles. The molecule has 2 atom stereocenters. The number of aromatic nitrogens is 1. The van der Waals surface area contributed by atoms with Crippen LogP contribution < -0.4 is 15.4 Å². The maximum Gasteiger partial charge on any atom is 0.404 e. The number of hydrogen-bond donors (Lipinski definition) is 3. The van der Waals surface area contributed by atoms with Gasteiger partial charge in [0, 0.05) is 19.2 Å². The Kier molecular flexibility index (Phi) is 7.46. The van der Waals surface area contributed by atoms with E-state index in [0.29, 0.717) is 12.0 Å². The number of amides is 2. The van der Waals surface area contributed by atoms with Gasteiger partial charge in [0.05, 0.1) is 6.61 Å². The summed E-state index contributed by atoms with van der Waals surface area (Å²) in [4.78, 5) is 25.7. The lowest BCUT2D eigenvalue weighted by Gasteiger charge is -2.18. The van der Waals surface area contributed by atoms with Crippen LogP contribution >= 0.6 is 0 Å². The highest BCUT2D eigenvalue weighted by Gasteiger charge is 2.17. The first kappa shape index (κ1) is 22.1. The number of carbonyl (C=O) groups is 2. The van der Waals surface area contributed by atoms with Gasteiger partial charge >= 0.3 is 6.09 Å². The van der Waals surface area contributed by atoms with Crippen LogP contribution in [0, 0.1) is 17.6 Å². The van der Waals surface area contributed by atoms with E-state index in [0.717, 1.165) is 12.1 Å². The van der Waals surface area contributed by atoms with Crippen LogP contribution in [-0.2, 0) is 4.79 Å². The minimum atomic E-state index is -1.13. The van der Waals surface area contributed by atoms with Crippen LogP contribution in [-0.4, -0.2) is 34.7 Å². The first-order valence-electron chi connectivity index (χ1n) is 9.01. The predicted octanol–water partition coefficient (Wildman–Crippen LogP) is 4.05. The van der Waals surface area contributed by atoms with Crippen LogP contribution in [0.2, 0.25) is 0 Å². The molecule has 1 aromatic heterocycles. The lowest BCUT2D eigenvalue weighted by atomic mass is 10.0. The van der Waals surface area contributed by atoms with Crippen molar-refractivity contribution in [3.8, 4) is 16.9 Å². The number of halogens is 2. The SMILES string of the molecule is CC(=O)Nc1cc(-c2cc(F)c(OCC(C)CC(C)NC(=O)O)c(F)c2)ccn1. The summed E-state index contributed by atoms with van der Waals surface area (Å²) in [6.45, 7) is 4.86. The number of ether oxygens (including phenoxy) is 1. The summed E-state index contributed by atoms with van der Waals surface area (Å²) in [7, 11) is 0. The molecule has 2 rings (SSSR count). The summed E-state index contributed by atoms with van der Waals surface area (Å²) < 4.78 is 34.2. The number of anilines is 1. The van der Waals surface area contributed by atoms with E-state index in [-0.39, 0.29) is 35.9 Å². The second-order valence-corrected chi connectivity index (χ2v) is 6.88. The van der Waals surface area contributed by atoms with Crippen molar-refractivity contribution in [1.29, 1.82) is 0 Å². The van der Waals surface area contributed by atoms with Crippen molar-refractivity contribution in [2.24, 2.45) is 5.92 Å². The average molecular weight is 407 g/mol. The molecule has 9 heteroatoms. The van der Waals surface area contributed by atoms with Crippen molar-refractivity contribution < 1.29 is 28.2 Å². The molecule has 156 valence electrons. The molecule has 0 aliphatic rings. The third-order valence-corrected chi connectivity index (χ3v) is 4.03. The molecule has 0 bridgehead atoms. The summed E-state index contributed by atoms with van der Waals surface area (Å²) in [5.74, 6) is -2.37. The molecule has 3 N–H and O–H groups in total. The zero-order valence-corrected chi connectivity index (χ0v) is 16.3. The zero-order chi connectivity index (χ0) is 21.6. The zero-order valence-electron chi connectivity index (χ0n) is 16.3. The minimum absolute atomic E-state index is 0.0285. The number of pyridine rings is 1. The summed E-state index contributed by atoms with van der Waals surface area (Å²) in [6.07, 6.45) is 0.752. The van der Waals surface area contributed by atoms with Crippen LogP contribution in [0.3, 0.4) is 0 Å². The molecule has 2 amide bonds. The second kappa shape index (κ2) is 9.81. The highest BCUT2D eigenvalue weighted by Crippen LogP contribution is 2.30. The minimum Gasteiger partial charge on any atom is -0.487 e. The fourth-order valence-corrected chi connectivity index (χ4v) is 2.89. The third-order valence-electron chi connectivity index (χ3n) is 4.03. The fraction of sp³-hybridized carbons (Fsp3) is 0.350.